The zero-order chi connectivity index (χ0) is 40.4. The monoisotopic (exact) mass is 749 g/mol. The molecule has 0 heterocycles. The Bertz CT molecular complexity index is 1590. The molecule has 0 saturated carbocycles. The van der Waals surface area contributed by atoms with Gasteiger partial charge in [-0.05, 0) is 104 Å². The molecule has 0 bridgehead atoms. The van der Waals surface area contributed by atoms with Crippen molar-refractivity contribution < 1.29 is 33.6 Å². The van der Waals surface area contributed by atoms with Crippen molar-refractivity contribution in [2.45, 2.75) is 120 Å². The number of aliphatic imine (C=N–C) groups is 1. The van der Waals surface area contributed by atoms with Gasteiger partial charge in [0.15, 0.2) is 34.6 Å². The number of allylic oxidation sites excluding steroid dienone is 4. The molecule has 0 fully saturated rings. The van der Waals surface area contributed by atoms with E-state index in [2.05, 4.69) is 53.7 Å². The van der Waals surface area contributed by atoms with Crippen molar-refractivity contribution in [1.29, 1.82) is 0 Å². The topological polar surface area (TPSA) is 107 Å². The number of anilines is 1. The highest BCUT2D eigenvalue weighted by molar-refractivity contribution is 6.01. The molecule has 2 aromatic rings. The summed E-state index contributed by atoms with van der Waals surface area (Å²) in [7, 11) is 4.96. The normalized spacial score (nSPS) is 14.4. The molecule has 0 aromatic heterocycles. The predicted octanol–water partition coefficient (Wildman–Crippen LogP) is 11.0. The number of Topliss-reactive ketones (excluding diaryl/α,β-unsaturated/α-hetero) is 2. The summed E-state index contributed by atoms with van der Waals surface area (Å²) in [5.74, 6) is 2.36. The third kappa shape index (κ3) is 13.6. The second-order valence-corrected chi connectivity index (χ2v) is 14.5. The summed E-state index contributed by atoms with van der Waals surface area (Å²) in [6.07, 6.45) is 12.4. The van der Waals surface area contributed by atoms with Crippen molar-refractivity contribution in [3.05, 3.63) is 58.7 Å². The van der Waals surface area contributed by atoms with Crippen LogP contribution in [0.25, 0.3) is 0 Å². The number of nitrogens with zero attached hydrogens (tertiary/aromatic N) is 2. The minimum absolute atomic E-state index is 0.0215. The van der Waals surface area contributed by atoms with Crippen molar-refractivity contribution in [2.24, 2.45) is 22.7 Å². The van der Waals surface area contributed by atoms with Gasteiger partial charge in [0.25, 0.3) is 0 Å². The van der Waals surface area contributed by atoms with Gasteiger partial charge in [0, 0.05) is 42.4 Å². The zero-order valence-corrected chi connectivity index (χ0v) is 35.2. The minimum atomic E-state index is -0.806. The number of benzene rings is 2. The van der Waals surface area contributed by atoms with Gasteiger partial charge in [-0.15, -0.1) is 0 Å². The fourth-order valence-corrected chi connectivity index (χ4v) is 6.49. The van der Waals surface area contributed by atoms with Gasteiger partial charge in [-0.2, -0.15) is 0 Å². The lowest BCUT2D eigenvalue weighted by Gasteiger charge is -2.36. The van der Waals surface area contributed by atoms with E-state index in [1.807, 2.05) is 20.2 Å². The van der Waals surface area contributed by atoms with E-state index >= 15 is 0 Å². The molecule has 54 heavy (non-hydrogen) atoms. The van der Waals surface area contributed by atoms with E-state index in [1.54, 1.807) is 43.4 Å². The van der Waals surface area contributed by atoms with Crippen LogP contribution in [0.3, 0.4) is 0 Å². The van der Waals surface area contributed by atoms with Crippen LogP contribution in [0, 0.1) is 17.8 Å². The second-order valence-electron chi connectivity index (χ2n) is 14.5. The van der Waals surface area contributed by atoms with Crippen molar-refractivity contribution in [3.63, 3.8) is 0 Å². The first kappa shape index (κ1) is 46.0. The molecule has 0 aliphatic rings. The lowest BCUT2D eigenvalue weighted by Crippen LogP contribution is -2.41. The molecule has 2 rings (SSSR count). The Balaban J connectivity index is 2.15. The maximum atomic E-state index is 12.8. The highest BCUT2D eigenvalue weighted by Gasteiger charge is 2.30. The van der Waals surface area contributed by atoms with Crippen LogP contribution in [0.2, 0.25) is 0 Å². The number of hydrogen-bond donors (Lipinski definition) is 1. The molecular weight excluding hydrogens is 681 g/mol. The Morgan fingerprint density at radius 1 is 0.796 bits per heavy atom. The molecule has 9 heteroatoms. The lowest BCUT2D eigenvalue weighted by molar-refractivity contribution is 0.0756. The first-order valence-corrected chi connectivity index (χ1v) is 19.7. The van der Waals surface area contributed by atoms with Gasteiger partial charge in [0.2, 0.25) is 0 Å². The molecule has 300 valence electrons. The van der Waals surface area contributed by atoms with Crippen LogP contribution in [0.15, 0.2) is 52.6 Å². The highest BCUT2D eigenvalue weighted by atomic mass is 16.5. The molecule has 0 aliphatic carbocycles. The van der Waals surface area contributed by atoms with Gasteiger partial charge in [-0.3, -0.25) is 14.6 Å². The maximum absolute atomic E-state index is 12.8. The average molecular weight is 749 g/mol. The fourth-order valence-electron chi connectivity index (χ4n) is 6.49. The number of hydrogen-bond acceptors (Lipinski definition) is 9. The molecule has 9 nitrogen and oxygen atoms in total. The zero-order valence-electron chi connectivity index (χ0n) is 35.2. The maximum Gasteiger partial charge on any atom is 0.163 e. The summed E-state index contributed by atoms with van der Waals surface area (Å²) >= 11 is 0. The van der Waals surface area contributed by atoms with E-state index in [-0.39, 0.29) is 29.3 Å². The summed E-state index contributed by atoms with van der Waals surface area (Å²) < 4.78 is 23.6. The number of ether oxygens (including phenoxy) is 4. The minimum Gasteiger partial charge on any atom is -0.493 e. The van der Waals surface area contributed by atoms with Gasteiger partial charge >= 0.3 is 0 Å². The largest absolute Gasteiger partial charge is 0.493 e. The summed E-state index contributed by atoms with van der Waals surface area (Å²) in [5.41, 5.74) is 4.68. The van der Waals surface area contributed by atoms with Crippen LogP contribution in [0.1, 0.15) is 134 Å². The smallest absolute Gasteiger partial charge is 0.163 e. The van der Waals surface area contributed by atoms with Crippen LogP contribution in [0.5, 0.6) is 23.0 Å². The second kappa shape index (κ2) is 23.6. The number of unbranched alkanes of at least 4 members (excludes halogenated alkanes) is 2. The first-order valence-electron chi connectivity index (χ1n) is 19.7. The number of carbonyl (C=O) groups is 2. The Hall–Kier alpha value is -4.11. The molecular formula is C45H68N2O7. The number of rotatable bonds is 25. The Kier molecular flexibility index (Phi) is 20.1. The van der Waals surface area contributed by atoms with E-state index in [0.717, 1.165) is 51.4 Å². The average Bonchev–Trinajstić information content (AvgIpc) is 3.16. The van der Waals surface area contributed by atoms with Crippen LogP contribution >= 0.6 is 0 Å². The van der Waals surface area contributed by atoms with E-state index in [1.165, 1.54) is 25.0 Å². The summed E-state index contributed by atoms with van der Waals surface area (Å²) in [5, 5.41) is 11.6. The third-order valence-corrected chi connectivity index (χ3v) is 10.4. The Morgan fingerprint density at radius 3 is 1.83 bits per heavy atom. The molecule has 0 spiro atoms. The lowest BCUT2D eigenvalue weighted by atomic mass is 9.84. The van der Waals surface area contributed by atoms with Gasteiger partial charge in [0.05, 0.1) is 38.8 Å². The Labute approximate surface area is 325 Å². The number of carbonyl (C=O) groups excluding carboxylic acids is 2. The van der Waals surface area contributed by atoms with Crippen LogP contribution in [-0.2, 0) is 0 Å². The van der Waals surface area contributed by atoms with Gasteiger partial charge in [-0.25, -0.2) is 0 Å². The number of aliphatic hydroxyl groups excluding tert-OH is 1. The number of ketones is 2. The van der Waals surface area contributed by atoms with Gasteiger partial charge in [0.1, 0.15) is 6.23 Å². The molecule has 0 amide bonds. The number of aliphatic hydroxyl groups is 1. The molecule has 1 N–H and O–H groups in total. The fraction of sp³-hybridized carbons (Fsp3) is 0.578. The van der Waals surface area contributed by atoms with Gasteiger partial charge < -0.3 is 29.0 Å². The quantitative estimate of drug-likeness (QED) is 0.0352. The molecule has 4 unspecified atom stereocenters. The highest BCUT2D eigenvalue weighted by Crippen LogP contribution is 2.39. The Morgan fingerprint density at radius 2 is 1.33 bits per heavy atom. The van der Waals surface area contributed by atoms with Crippen molar-refractivity contribution >= 4 is 29.2 Å². The molecule has 4 atom stereocenters. The number of methoxy groups -OCH3 is 2. The van der Waals surface area contributed by atoms with Crippen molar-refractivity contribution in [3.8, 4) is 23.0 Å². The predicted molar refractivity (Wildman–Crippen MR) is 223 cm³/mol. The van der Waals surface area contributed by atoms with Crippen molar-refractivity contribution in [2.75, 3.05) is 39.4 Å². The first-order chi connectivity index (χ1) is 25.8. The van der Waals surface area contributed by atoms with Crippen LogP contribution in [0.4, 0.5) is 11.4 Å². The van der Waals surface area contributed by atoms with Crippen molar-refractivity contribution in [1.82, 2.24) is 0 Å². The van der Waals surface area contributed by atoms with Gasteiger partial charge in [-0.1, -0.05) is 56.9 Å². The summed E-state index contributed by atoms with van der Waals surface area (Å²) in [6.45, 7) is 18.7. The molecule has 2 aromatic carbocycles. The van der Waals surface area contributed by atoms with Crippen LogP contribution < -0.4 is 23.8 Å². The summed E-state index contributed by atoms with van der Waals surface area (Å²) in [6, 6.07) is 7.03. The van der Waals surface area contributed by atoms with E-state index in [4.69, 9.17) is 23.9 Å². The SMILES string of the molecule is C/C=C(/C)CC(C=Nc1cc(OCCCCCOc2cc(N(C)C(O)C(C/C(C)=C\C)C(C)CC)c(C(C)=O)cc2OC)c(OC)cc1C(C)=O)CCC. The molecule has 0 radical (unpaired) electrons. The van der Waals surface area contributed by atoms with Crippen LogP contribution in [-0.4, -0.2) is 63.6 Å². The molecule has 0 aliphatic heterocycles. The standard InChI is InChI=1S/C45H68N2O7/c1-13-20-35(23-30(5)14-2)29-46-39-27-43(41(51-11)25-37(39)33(8)48)53-21-18-17-19-22-54-44-28-40(38(34(9)49)26-42(44)52-12)47(10)45(50)36(32(7)16-4)24-31(6)15-3/h14-15,25-29,32,35-36,45,50H,13,16-24H2,1-12H3/b30-14-,31-15-,46-29?. The van der Waals surface area contributed by atoms with E-state index in [9.17, 15) is 14.7 Å². The molecule has 0 saturated heterocycles. The van der Waals surface area contributed by atoms with E-state index < -0.39 is 6.23 Å². The van der Waals surface area contributed by atoms with E-state index in [0.29, 0.717) is 58.7 Å². The summed E-state index contributed by atoms with van der Waals surface area (Å²) in [4.78, 5) is 31.9. The third-order valence-electron chi connectivity index (χ3n) is 10.4.